The maximum Gasteiger partial charge on any atom is 0.170 e. The summed E-state index contributed by atoms with van der Waals surface area (Å²) in [7, 11) is 1.60. The standard InChI is InChI=1S/C13H20N2O3/c1-4-9(2)18-8-11-7-10(13(14)15-16)5-6-12(11)17-3/h5-7,9,16H,4,8H2,1-3H3,(H2,14,15). The molecule has 0 radical (unpaired) electrons. The number of rotatable bonds is 6. The van der Waals surface area contributed by atoms with Crippen molar-refractivity contribution >= 4 is 5.84 Å². The normalized spacial score (nSPS) is 13.4. The first-order valence-electron chi connectivity index (χ1n) is 5.88. The summed E-state index contributed by atoms with van der Waals surface area (Å²) in [5, 5.41) is 11.6. The quantitative estimate of drug-likeness (QED) is 0.352. The van der Waals surface area contributed by atoms with Gasteiger partial charge in [0.05, 0.1) is 19.8 Å². The molecular weight excluding hydrogens is 232 g/mol. The smallest absolute Gasteiger partial charge is 0.170 e. The average molecular weight is 252 g/mol. The summed E-state index contributed by atoms with van der Waals surface area (Å²) in [5.41, 5.74) is 7.07. The molecule has 1 unspecified atom stereocenters. The van der Waals surface area contributed by atoms with Crippen LogP contribution in [-0.2, 0) is 11.3 Å². The molecule has 3 N–H and O–H groups in total. The minimum atomic E-state index is 0.0717. The van der Waals surface area contributed by atoms with Crippen LogP contribution in [0.3, 0.4) is 0 Å². The lowest BCUT2D eigenvalue weighted by molar-refractivity contribution is 0.0497. The maximum absolute atomic E-state index is 8.66. The number of oxime groups is 1. The van der Waals surface area contributed by atoms with Crippen LogP contribution in [0, 0.1) is 0 Å². The fraction of sp³-hybridized carbons (Fsp3) is 0.462. The van der Waals surface area contributed by atoms with Gasteiger partial charge in [-0.05, 0) is 31.5 Å². The molecule has 0 amide bonds. The van der Waals surface area contributed by atoms with E-state index in [1.165, 1.54) is 0 Å². The van der Waals surface area contributed by atoms with Crippen LogP contribution < -0.4 is 10.5 Å². The Morgan fingerprint density at radius 2 is 2.22 bits per heavy atom. The highest BCUT2D eigenvalue weighted by molar-refractivity contribution is 5.97. The molecular formula is C13H20N2O3. The van der Waals surface area contributed by atoms with Gasteiger partial charge in [0.25, 0.3) is 0 Å². The van der Waals surface area contributed by atoms with Gasteiger partial charge in [0.15, 0.2) is 5.84 Å². The van der Waals surface area contributed by atoms with Gasteiger partial charge >= 0.3 is 0 Å². The van der Waals surface area contributed by atoms with Crippen molar-refractivity contribution in [1.82, 2.24) is 0 Å². The summed E-state index contributed by atoms with van der Waals surface area (Å²) in [5.74, 6) is 0.801. The van der Waals surface area contributed by atoms with Crippen molar-refractivity contribution in [2.75, 3.05) is 7.11 Å². The van der Waals surface area contributed by atoms with Crippen molar-refractivity contribution in [3.05, 3.63) is 29.3 Å². The lowest BCUT2D eigenvalue weighted by Gasteiger charge is -2.14. The second-order valence-electron chi connectivity index (χ2n) is 4.04. The first-order chi connectivity index (χ1) is 8.62. The molecule has 0 aliphatic rings. The molecule has 0 aromatic heterocycles. The summed E-state index contributed by atoms with van der Waals surface area (Å²) < 4.78 is 10.9. The zero-order valence-corrected chi connectivity index (χ0v) is 11.0. The highest BCUT2D eigenvalue weighted by Crippen LogP contribution is 2.21. The fourth-order valence-electron chi connectivity index (χ4n) is 1.46. The third-order valence-electron chi connectivity index (χ3n) is 2.78. The van der Waals surface area contributed by atoms with E-state index in [0.29, 0.717) is 12.2 Å². The molecule has 1 atom stereocenters. The molecule has 1 rings (SSSR count). The Kier molecular flexibility index (Phi) is 5.45. The van der Waals surface area contributed by atoms with E-state index in [2.05, 4.69) is 12.1 Å². The Balaban J connectivity index is 2.92. The van der Waals surface area contributed by atoms with Crippen molar-refractivity contribution < 1.29 is 14.7 Å². The first kappa shape index (κ1) is 14.3. The van der Waals surface area contributed by atoms with Crippen LogP contribution in [0.5, 0.6) is 5.75 Å². The molecule has 0 aliphatic carbocycles. The molecule has 0 heterocycles. The molecule has 18 heavy (non-hydrogen) atoms. The SMILES string of the molecule is CCC(C)OCc1cc(/C(N)=N/O)ccc1OC. The van der Waals surface area contributed by atoms with E-state index < -0.39 is 0 Å². The zero-order chi connectivity index (χ0) is 13.5. The summed E-state index contributed by atoms with van der Waals surface area (Å²) in [6.07, 6.45) is 1.13. The summed E-state index contributed by atoms with van der Waals surface area (Å²) in [4.78, 5) is 0. The highest BCUT2D eigenvalue weighted by Gasteiger charge is 2.09. The van der Waals surface area contributed by atoms with E-state index in [1.54, 1.807) is 25.3 Å². The molecule has 0 fully saturated rings. The maximum atomic E-state index is 8.66. The van der Waals surface area contributed by atoms with E-state index >= 15 is 0 Å². The van der Waals surface area contributed by atoms with Gasteiger partial charge in [0.1, 0.15) is 5.75 Å². The van der Waals surface area contributed by atoms with Crippen molar-refractivity contribution in [3.63, 3.8) is 0 Å². The second kappa shape index (κ2) is 6.86. The van der Waals surface area contributed by atoms with E-state index in [9.17, 15) is 0 Å². The van der Waals surface area contributed by atoms with E-state index in [1.807, 2.05) is 6.92 Å². The van der Waals surface area contributed by atoms with E-state index in [0.717, 1.165) is 17.7 Å². The van der Waals surface area contributed by atoms with Crippen LogP contribution in [-0.4, -0.2) is 24.3 Å². The molecule has 5 nitrogen and oxygen atoms in total. The van der Waals surface area contributed by atoms with Gasteiger partial charge in [-0.15, -0.1) is 0 Å². The lowest BCUT2D eigenvalue weighted by atomic mass is 10.1. The summed E-state index contributed by atoms with van der Waals surface area (Å²) >= 11 is 0. The monoisotopic (exact) mass is 252 g/mol. The number of nitrogens with two attached hydrogens (primary N) is 1. The predicted molar refractivity (Wildman–Crippen MR) is 70.0 cm³/mol. The average Bonchev–Trinajstić information content (AvgIpc) is 2.43. The van der Waals surface area contributed by atoms with Crippen molar-refractivity contribution in [2.24, 2.45) is 10.9 Å². The number of methoxy groups -OCH3 is 1. The van der Waals surface area contributed by atoms with Crippen LogP contribution in [0.4, 0.5) is 0 Å². The van der Waals surface area contributed by atoms with E-state index in [4.69, 9.17) is 20.4 Å². The minimum absolute atomic E-state index is 0.0717. The Labute approximate surface area is 107 Å². The summed E-state index contributed by atoms with van der Waals surface area (Å²) in [6.45, 7) is 4.51. The number of ether oxygens (including phenoxy) is 2. The number of benzene rings is 1. The van der Waals surface area contributed by atoms with Gasteiger partial charge in [-0.25, -0.2) is 0 Å². The fourth-order valence-corrected chi connectivity index (χ4v) is 1.46. The number of amidine groups is 1. The van der Waals surface area contributed by atoms with Crippen LogP contribution in [0.15, 0.2) is 23.4 Å². The Hall–Kier alpha value is -1.75. The Morgan fingerprint density at radius 3 is 2.78 bits per heavy atom. The zero-order valence-electron chi connectivity index (χ0n) is 11.0. The summed E-state index contributed by atoms with van der Waals surface area (Å²) in [6, 6.07) is 5.32. The van der Waals surface area contributed by atoms with Crippen molar-refractivity contribution in [2.45, 2.75) is 33.0 Å². The molecule has 100 valence electrons. The second-order valence-corrected chi connectivity index (χ2v) is 4.04. The van der Waals surface area contributed by atoms with Crippen LogP contribution in [0.25, 0.3) is 0 Å². The molecule has 0 bridgehead atoms. The third kappa shape index (κ3) is 3.63. The van der Waals surface area contributed by atoms with Crippen LogP contribution >= 0.6 is 0 Å². The Bertz CT molecular complexity index is 419. The first-order valence-corrected chi connectivity index (χ1v) is 5.88. The minimum Gasteiger partial charge on any atom is -0.496 e. The highest BCUT2D eigenvalue weighted by atomic mass is 16.5. The molecule has 0 saturated carbocycles. The van der Waals surface area contributed by atoms with Crippen molar-refractivity contribution in [1.29, 1.82) is 0 Å². The molecule has 0 saturated heterocycles. The molecule has 5 heteroatoms. The molecule has 0 aliphatic heterocycles. The van der Waals surface area contributed by atoms with Gasteiger partial charge in [0.2, 0.25) is 0 Å². The number of nitrogens with zero attached hydrogens (tertiary/aromatic N) is 1. The van der Waals surface area contributed by atoms with Gasteiger partial charge in [-0.1, -0.05) is 12.1 Å². The van der Waals surface area contributed by atoms with Gasteiger partial charge in [-0.2, -0.15) is 0 Å². The van der Waals surface area contributed by atoms with E-state index in [-0.39, 0.29) is 11.9 Å². The van der Waals surface area contributed by atoms with Gasteiger partial charge < -0.3 is 20.4 Å². The number of hydrogen-bond acceptors (Lipinski definition) is 4. The largest absolute Gasteiger partial charge is 0.496 e. The third-order valence-corrected chi connectivity index (χ3v) is 2.78. The molecule has 0 spiro atoms. The molecule has 1 aromatic carbocycles. The van der Waals surface area contributed by atoms with Crippen LogP contribution in [0.2, 0.25) is 0 Å². The predicted octanol–water partition coefficient (Wildman–Crippen LogP) is 2.10. The van der Waals surface area contributed by atoms with Gasteiger partial charge in [0, 0.05) is 11.1 Å². The lowest BCUT2D eigenvalue weighted by Crippen LogP contribution is -2.14. The number of hydrogen-bond donors (Lipinski definition) is 2. The Morgan fingerprint density at radius 1 is 1.50 bits per heavy atom. The van der Waals surface area contributed by atoms with Crippen LogP contribution in [0.1, 0.15) is 31.4 Å². The van der Waals surface area contributed by atoms with Gasteiger partial charge in [-0.3, -0.25) is 0 Å². The topological polar surface area (TPSA) is 77.1 Å². The van der Waals surface area contributed by atoms with Crippen molar-refractivity contribution in [3.8, 4) is 5.75 Å². The molecule has 1 aromatic rings.